The van der Waals surface area contributed by atoms with Crippen molar-refractivity contribution in [2.75, 3.05) is 0 Å². The summed E-state index contributed by atoms with van der Waals surface area (Å²) >= 11 is 7.52. The molecule has 0 spiro atoms. The lowest BCUT2D eigenvalue weighted by molar-refractivity contribution is -0.384. The number of thiophene rings is 1. The quantitative estimate of drug-likeness (QED) is 0.430. The van der Waals surface area contributed by atoms with Gasteiger partial charge in [-0.1, -0.05) is 29.8 Å². The van der Waals surface area contributed by atoms with Crippen molar-refractivity contribution in [3.05, 3.63) is 74.1 Å². The van der Waals surface area contributed by atoms with Gasteiger partial charge in [0.2, 0.25) is 0 Å². The molecule has 0 radical (unpaired) electrons. The van der Waals surface area contributed by atoms with Gasteiger partial charge in [0.1, 0.15) is 4.88 Å². The minimum Gasteiger partial charge on any atom is -0.266 e. The number of halogens is 1. The molecule has 6 nitrogen and oxygen atoms in total. The van der Waals surface area contributed by atoms with E-state index in [4.69, 9.17) is 11.6 Å². The number of hydrogen-bond acceptors (Lipinski definition) is 5. The first kappa shape index (κ1) is 16.1. The fourth-order valence-electron chi connectivity index (χ4n) is 2.06. The van der Waals surface area contributed by atoms with Crippen LogP contribution in [-0.4, -0.2) is 17.0 Å². The molecule has 0 saturated carbocycles. The van der Waals surface area contributed by atoms with Crippen molar-refractivity contribution in [3.63, 3.8) is 0 Å². The average Bonchev–Trinajstić information content (AvgIpc) is 2.93. The molecule has 1 aromatic heterocycles. The summed E-state index contributed by atoms with van der Waals surface area (Å²) < 4.78 is 0.923. The molecule has 1 heterocycles. The number of hydrogen-bond donors (Lipinski definition) is 1. The Morgan fingerprint density at radius 2 is 1.92 bits per heavy atom. The summed E-state index contributed by atoms with van der Waals surface area (Å²) in [6, 6.07) is 13.3. The van der Waals surface area contributed by atoms with Crippen LogP contribution in [0.25, 0.3) is 10.1 Å². The first-order valence-electron chi connectivity index (χ1n) is 6.81. The summed E-state index contributed by atoms with van der Waals surface area (Å²) in [6.07, 6.45) is 1.41. The van der Waals surface area contributed by atoms with Crippen LogP contribution in [0.5, 0.6) is 0 Å². The first-order chi connectivity index (χ1) is 11.6. The second-order valence-corrected chi connectivity index (χ2v) is 6.22. The SMILES string of the molecule is O=C(N/N=C/c1ccc([N+](=O)[O-])cc1)c1sc2ccccc2c1Cl. The molecule has 1 N–H and O–H groups in total. The number of nitro benzene ring substituents is 1. The smallest absolute Gasteiger partial charge is 0.266 e. The normalized spacial score (nSPS) is 11.0. The number of nitrogens with zero attached hydrogens (tertiary/aromatic N) is 2. The topological polar surface area (TPSA) is 84.6 Å². The molecule has 2 aromatic carbocycles. The molecule has 1 amide bonds. The first-order valence-corrected chi connectivity index (χ1v) is 8.00. The highest BCUT2D eigenvalue weighted by Gasteiger charge is 2.16. The van der Waals surface area contributed by atoms with Crippen LogP contribution >= 0.6 is 22.9 Å². The molecule has 0 unspecified atom stereocenters. The standard InChI is InChI=1S/C16H10ClN3O3S/c17-14-12-3-1-2-4-13(12)24-15(14)16(21)19-18-9-10-5-7-11(8-6-10)20(22)23/h1-9H,(H,19,21)/b18-9+. The third kappa shape index (κ3) is 3.27. The van der Waals surface area contributed by atoms with E-state index in [1.54, 1.807) is 12.1 Å². The van der Waals surface area contributed by atoms with Gasteiger partial charge in [-0.15, -0.1) is 11.3 Å². The lowest BCUT2D eigenvalue weighted by atomic mass is 10.2. The van der Waals surface area contributed by atoms with Crippen LogP contribution < -0.4 is 5.43 Å². The summed E-state index contributed by atoms with van der Waals surface area (Å²) in [5, 5.41) is 15.7. The third-order valence-corrected chi connectivity index (χ3v) is 4.90. The summed E-state index contributed by atoms with van der Waals surface area (Å²) in [5.41, 5.74) is 3.03. The van der Waals surface area contributed by atoms with E-state index < -0.39 is 10.8 Å². The highest BCUT2D eigenvalue weighted by Crippen LogP contribution is 2.34. The van der Waals surface area contributed by atoms with Gasteiger partial charge in [-0.25, -0.2) is 5.43 Å². The molecule has 0 fully saturated rings. The zero-order valence-electron chi connectivity index (χ0n) is 12.1. The van der Waals surface area contributed by atoms with Gasteiger partial charge in [-0.2, -0.15) is 5.10 Å². The fraction of sp³-hybridized carbons (Fsp3) is 0. The van der Waals surface area contributed by atoms with Crippen LogP contribution in [0.2, 0.25) is 5.02 Å². The molecular weight excluding hydrogens is 350 g/mol. The van der Waals surface area contributed by atoms with Gasteiger partial charge in [-0.3, -0.25) is 14.9 Å². The summed E-state index contributed by atoms with van der Waals surface area (Å²) in [5.74, 6) is -0.403. The second kappa shape index (κ2) is 6.77. The molecule has 0 saturated heterocycles. The predicted molar refractivity (Wildman–Crippen MR) is 95.0 cm³/mol. The highest BCUT2D eigenvalue weighted by atomic mass is 35.5. The molecule has 120 valence electrons. The number of nitro groups is 1. The van der Waals surface area contributed by atoms with Crippen molar-refractivity contribution in [3.8, 4) is 0 Å². The number of benzene rings is 2. The molecule has 8 heteroatoms. The van der Waals surface area contributed by atoms with Crippen molar-refractivity contribution in [1.29, 1.82) is 0 Å². The predicted octanol–water partition coefficient (Wildman–Crippen LogP) is 4.23. The maximum absolute atomic E-state index is 12.2. The Bertz CT molecular complexity index is 951. The number of carbonyl (C=O) groups excluding carboxylic acids is 1. The number of rotatable bonds is 4. The van der Waals surface area contributed by atoms with E-state index in [2.05, 4.69) is 10.5 Å². The van der Waals surface area contributed by atoms with Crippen molar-refractivity contribution in [2.24, 2.45) is 5.10 Å². The maximum Gasteiger partial charge on any atom is 0.283 e. The Kier molecular flexibility index (Phi) is 4.54. The van der Waals surface area contributed by atoms with Crippen molar-refractivity contribution in [1.82, 2.24) is 5.43 Å². The monoisotopic (exact) mass is 359 g/mol. The summed E-state index contributed by atoms with van der Waals surface area (Å²) in [6.45, 7) is 0. The second-order valence-electron chi connectivity index (χ2n) is 4.79. The average molecular weight is 360 g/mol. The van der Waals surface area contributed by atoms with Crippen LogP contribution in [-0.2, 0) is 0 Å². The minimum absolute atomic E-state index is 0.00626. The number of carbonyl (C=O) groups is 1. The Morgan fingerprint density at radius 3 is 2.58 bits per heavy atom. The Balaban J connectivity index is 1.72. The Hall–Kier alpha value is -2.77. The van der Waals surface area contributed by atoms with Gasteiger partial charge in [0.25, 0.3) is 11.6 Å². The van der Waals surface area contributed by atoms with E-state index in [1.165, 1.54) is 29.7 Å². The van der Waals surface area contributed by atoms with E-state index in [-0.39, 0.29) is 5.69 Å². The van der Waals surface area contributed by atoms with Gasteiger partial charge < -0.3 is 0 Å². The lowest BCUT2D eigenvalue weighted by Gasteiger charge is -1.97. The Morgan fingerprint density at radius 1 is 1.21 bits per heavy atom. The van der Waals surface area contributed by atoms with E-state index in [0.29, 0.717) is 15.5 Å². The molecule has 24 heavy (non-hydrogen) atoms. The fourth-order valence-corrected chi connectivity index (χ4v) is 3.47. The summed E-state index contributed by atoms with van der Waals surface area (Å²) in [7, 11) is 0. The van der Waals surface area contributed by atoms with Gasteiger partial charge in [0.15, 0.2) is 0 Å². The molecule has 3 aromatic rings. The third-order valence-electron chi connectivity index (χ3n) is 3.22. The molecule has 0 bridgehead atoms. The van der Waals surface area contributed by atoms with Crippen LogP contribution in [0.3, 0.4) is 0 Å². The van der Waals surface area contributed by atoms with Crippen molar-refractivity contribution in [2.45, 2.75) is 0 Å². The largest absolute Gasteiger partial charge is 0.283 e. The Labute approximate surface area is 145 Å². The van der Waals surface area contributed by atoms with Gasteiger partial charge in [0, 0.05) is 22.2 Å². The number of hydrazone groups is 1. The molecule has 0 atom stereocenters. The number of amides is 1. The molecule has 0 aliphatic carbocycles. The number of non-ortho nitro benzene ring substituents is 1. The van der Waals surface area contributed by atoms with Crippen LogP contribution in [0.4, 0.5) is 5.69 Å². The van der Waals surface area contributed by atoms with Gasteiger partial charge >= 0.3 is 0 Å². The van der Waals surface area contributed by atoms with Crippen LogP contribution in [0.1, 0.15) is 15.2 Å². The molecule has 0 aliphatic rings. The molecular formula is C16H10ClN3O3S. The minimum atomic E-state index is -0.480. The zero-order valence-corrected chi connectivity index (χ0v) is 13.7. The molecule has 0 aliphatic heterocycles. The van der Waals surface area contributed by atoms with Gasteiger partial charge in [0.05, 0.1) is 16.2 Å². The van der Waals surface area contributed by atoms with Crippen LogP contribution in [0, 0.1) is 10.1 Å². The van der Waals surface area contributed by atoms with E-state index >= 15 is 0 Å². The van der Waals surface area contributed by atoms with E-state index in [0.717, 1.165) is 10.1 Å². The number of fused-ring (bicyclic) bond motifs is 1. The van der Waals surface area contributed by atoms with Crippen molar-refractivity contribution >= 4 is 50.8 Å². The molecule has 3 rings (SSSR count). The highest BCUT2D eigenvalue weighted by molar-refractivity contribution is 7.21. The number of nitrogens with one attached hydrogen (secondary N) is 1. The maximum atomic E-state index is 12.2. The summed E-state index contributed by atoms with van der Waals surface area (Å²) in [4.78, 5) is 22.7. The van der Waals surface area contributed by atoms with Gasteiger partial charge in [-0.05, 0) is 23.8 Å². The zero-order chi connectivity index (χ0) is 17.1. The van der Waals surface area contributed by atoms with Crippen LogP contribution in [0.15, 0.2) is 53.6 Å². The lowest BCUT2D eigenvalue weighted by Crippen LogP contribution is -2.16. The van der Waals surface area contributed by atoms with E-state index in [1.807, 2.05) is 24.3 Å². The van der Waals surface area contributed by atoms with E-state index in [9.17, 15) is 14.9 Å². The van der Waals surface area contributed by atoms with Crippen molar-refractivity contribution < 1.29 is 9.72 Å².